The van der Waals surface area contributed by atoms with Gasteiger partial charge in [-0.15, -0.1) is 0 Å². The van der Waals surface area contributed by atoms with Crippen LogP contribution in [0.25, 0.3) is 0 Å². The van der Waals surface area contributed by atoms with Crippen molar-refractivity contribution >= 4 is 0 Å². The molecule has 2 saturated carbocycles. The van der Waals surface area contributed by atoms with E-state index < -0.39 is 0 Å². The van der Waals surface area contributed by atoms with E-state index in [0.29, 0.717) is 0 Å². The van der Waals surface area contributed by atoms with Crippen LogP contribution in [0, 0.1) is 0 Å². The molecule has 2 fully saturated rings. The van der Waals surface area contributed by atoms with E-state index >= 15 is 0 Å². The summed E-state index contributed by atoms with van der Waals surface area (Å²) in [5, 5.41) is 11.0. The first-order valence-electron chi connectivity index (χ1n) is 6.69. The summed E-state index contributed by atoms with van der Waals surface area (Å²) in [6.07, 6.45) is 11.6. The number of aromatic amines is 1. The molecule has 1 aromatic rings. The fraction of sp³-hybridized carbons (Fsp3) is 0.769. The van der Waals surface area contributed by atoms with Gasteiger partial charge in [-0.2, -0.15) is 5.10 Å². The number of H-pyrrole nitrogens is 1. The van der Waals surface area contributed by atoms with Crippen molar-refractivity contribution in [3.05, 3.63) is 17.5 Å². The van der Waals surface area contributed by atoms with E-state index in [1.165, 1.54) is 56.2 Å². The van der Waals surface area contributed by atoms with Crippen molar-refractivity contribution in [3.8, 4) is 0 Å². The molecule has 2 N–H and O–H groups in total. The van der Waals surface area contributed by atoms with Crippen molar-refractivity contribution in [2.45, 2.75) is 63.5 Å². The zero-order valence-electron chi connectivity index (χ0n) is 9.84. The Labute approximate surface area is 97.0 Å². The highest BCUT2D eigenvalue weighted by molar-refractivity contribution is 5.21. The maximum absolute atomic E-state index is 4.23. The van der Waals surface area contributed by atoms with Crippen molar-refractivity contribution in [2.24, 2.45) is 0 Å². The summed E-state index contributed by atoms with van der Waals surface area (Å²) in [6.45, 7) is 1.01. The second kappa shape index (κ2) is 4.58. The molecular weight excluding hydrogens is 198 g/mol. The average Bonchev–Trinajstić information content (AvgIpc) is 3.05. The molecule has 0 radical (unpaired) electrons. The molecule has 0 amide bonds. The lowest BCUT2D eigenvalue weighted by atomic mass is 9.85. The minimum absolute atomic E-state index is 0.743. The summed E-state index contributed by atoms with van der Waals surface area (Å²) < 4.78 is 0. The maximum Gasteiger partial charge on any atom is 0.0535 e. The van der Waals surface area contributed by atoms with Gasteiger partial charge in [-0.25, -0.2) is 0 Å². The number of nitrogens with zero attached hydrogens (tertiary/aromatic N) is 1. The third-order valence-electron chi connectivity index (χ3n) is 3.92. The second-order valence-electron chi connectivity index (χ2n) is 5.30. The Hall–Kier alpha value is -0.830. The average molecular weight is 219 g/mol. The Bertz CT molecular complexity index is 335. The highest BCUT2D eigenvalue weighted by Gasteiger charge is 2.23. The number of nitrogens with one attached hydrogen (secondary N) is 2. The third kappa shape index (κ3) is 2.29. The summed E-state index contributed by atoms with van der Waals surface area (Å²) >= 11 is 0. The summed E-state index contributed by atoms with van der Waals surface area (Å²) in [7, 11) is 0. The third-order valence-corrected chi connectivity index (χ3v) is 3.92. The van der Waals surface area contributed by atoms with E-state index in [2.05, 4.69) is 15.5 Å². The lowest BCUT2D eigenvalue weighted by molar-refractivity contribution is 0.433. The van der Waals surface area contributed by atoms with Gasteiger partial charge in [0.15, 0.2) is 0 Å². The number of rotatable bonds is 4. The van der Waals surface area contributed by atoms with Gasteiger partial charge in [-0.3, -0.25) is 5.10 Å². The van der Waals surface area contributed by atoms with Crippen LogP contribution < -0.4 is 5.32 Å². The first kappa shape index (κ1) is 10.3. The van der Waals surface area contributed by atoms with Crippen molar-refractivity contribution in [1.29, 1.82) is 0 Å². The van der Waals surface area contributed by atoms with Crippen LogP contribution in [0.1, 0.15) is 62.1 Å². The fourth-order valence-corrected chi connectivity index (χ4v) is 2.75. The molecule has 88 valence electrons. The predicted octanol–water partition coefficient (Wildman–Crippen LogP) is 2.71. The molecule has 0 aliphatic heterocycles. The van der Waals surface area contributed by atoms with Gasteiger partial charge in [-0.05, 0) is 25.7 Å². The second-order valence-corrected chi connectivity index (χ2v) is 5.30. The number of hydrogen-bond donors (Lipinski definition) is 2. The number of hydrogen-bond acceptors (Lipinski definition) is 2. The van der Waals surface area contributed by atoms with Crippen LogP contribution in [0.4, 0.5) is 0 Å². The molecule has 0 unspecified atom stereocenters. The van der Waals surface area contributed by atoms with E-state index in [9.17, 15) is 0 Å². The van der Waals surface area contributed by atoms with Gasteiger partial charge in [0.25, 0.3) is 0 Å². The Morgan fingerprint density at radius 2 is 2.00 bits per heavy atom. The van der Waals surface area contributed by atoms with Crippen LogP contribution in [0.3, 0.4) is 0 Å². The Morgan fingerprint density at radius 3 is 2.75 bits per heavy atom. The van der Waals surface area contributed by atoms with Gasteiger partial charge in [0, 0.05) is 29.8 Å². The molecule has 0 spiro atoms. The van der Waals surface area contributed by atoms with Crippen LogP contribution >= 0.6 is 0 Å². The molecule has 3 rings (SSSR count). The Morgan fingerprint density at radius 1 is 1.19 bits per heavy atom. The molecule has 0 aromatic carbocycles. The summed E-state index contributed by atoms with van der Waals surface area (Å²) in [4.78, 5) is 0. The van der Waals surface area contributed by atoms with Gasteiger partial charge >= 0.3 is 0 Å². The molecule has 0 atom stereocenters. The van der Waals surface area contributed by atoms with E-state index in [0.717, 1.165) is 18.5 Å². The lowest BCUT2D eigenvalue weighted by Gasteiger charge is -2.21. The predicted molar refractivity (Wildman–Crippen MR) is 64.3 cm³/mol. The van der Waals surface area contributed by atoms with Gasteiger partial charge in [0.05, 0.1) is 6.20 Å². The van der Waals surface area contributed by atoms with Gasteiger partial charge in [-0.1, -0.05) is 19.3 Å². The van der Waals surface area contributed by atoms with Gasteiger partial charge < -0.3 is 5.32 Å². The van der Waals surface area contributed by atoms with Crippen molar-refractivity contribution in [2.75, 3.05) is 0 Å². The molecular formula is C13H21N3. The quantitative estimate of drug-likeness (QED) is 0.817. The minimum atomic E-state index is 0.743. The molecule has 2 aliphatic rings. The standard InChI is InChI=1S/C13H21N3/c1-2-4-10(5-3-1)13-11(9-15-16-13)8-14-12-6-7-12/h9-10,12,14H,1-8H2,(H,15,16). The van der Waals surface area contributed by atoms with Crippen molar-refractivity contribution in [1.82, 2.24) is 15.5 Å². The Kier molecular flexibility index (Phi) is 2.96. The molecule has 2 aliphatic carbocycles. The molecule has 0 saturated heterocycles. The summed E-state index contributed by atoms with van der Waals surface area (Å²) in [5.41, 5.74) is 2.81. The highest BCUT2D eigenvalue weighted by atomic mass is 15.1. The first-order valence-corrected chi connectivity index (χ1v) is 6.69. The molecule has 16 heavy (non-hydrogen) atoms. The smallest absolute Gasteiger partial charge is 0.0535 e. The molecule has 0 bridgehead atoms. The highest BCUT2D eigenvalue weighted by Crippen LogP contribution is 2.33. The Balaban J connectivity index is 1.65. The van der Waals surface area contributed by atoms with Crippen LogP contribution in [0.2, 0.25) is 0 Å². The molecule has 1 aromatic heterocycles. The lowest BCUT2D eigenvalue weighted by Crippen LogP contribution is -2.17. The van der Waals surface area contributed by atoms with Crippen molar-refractivity contribution in [3.63, 3.8) is 0 Å². The zero-order chi connectivity index (χ0) is 10.8. The summed E-state index contributed by atoms with van der Waals surface area (Å²) in [6, 6.07) is 0.786. The minimum Gasteiger partial charge on any atom is -0.310 e. The topological polar surface area (TPSA) is 40.7 Å². The molecule has 3 heteroatoms. The monoisotopic (exact) mass is 219 g/mol. The van der Waals surface area contributed by atoms with Crippen LogP contribution in [-0.2, 0) is 6.54 Å². The zero-order valence-corrected chi connectivity index (χ0v) is 9.84. The fourth-order valence-electron chi connectivity index (χ4n) is 2.75. The van der Waals surface area contributed by atoms with E-state index in [4.69, 9.17) is 0 Å². The number of aromatic nitrogens is 2. The van der Waals surface area contributed by atoms with Crippen LogP contribution in [0.5, 0.6) is 0 Å². The SMILES string of the molecule is c1n[nH]c(C2CCCCC2)c1CNC1CC1. The normalized spacial score (nSPS) is 22.5. The van der Waals surface area contributed by atoms with Gasteiger partial charge in [0.1, 0.15) is 0 Å². The van der Waals surface area contributed by atoms with Crippen LogP contribution in [0.15, 0.2) is 6.20 Å². The first-order chi connectivity index (χ1) is 7.93. The summed E-state index contributed by atoms with van der Waals surface area (Å²) in [5.74, 6) is 0.743. The molecule has 1 heterocycles. The van der Waals surface area contributed by atoms with Gasteiger partial charge in [0.2, 0.25) is 0 Å². The molecule has 3 nitrogen and oxygen atoms in total. The van der Waals surface area contributed by atoms with E-state index in [1.807, 2.05) is 6.20 Å². The maximum atomic E-state index is 4.23. The van der Waals surface area contributed by atoms with E-state index in [-0.39, 0.29) is 0 Å². The van der Waals surface area contributed by atoms with Crippen LogP contribution in [-0.4, -0.2) is 16.2 Å². The largest absolute Gasteiger partial charge is 0.310 e. The van der Waals surface area contributed by atoms with Crippen molar-refractivity contribution < 1.29 is 0 Å². The van der Waals surface area contributed by atoms with E-state index in [1.54, 1.807) is 0 Å².